The number of amides is 1. The Balaban J connectivity index is 2.57. The molecular formula is C13H24N2O3. The lowest BCUT2D eigenvalue weighted by Crippen LogP contribution is -2.43. The van der Waals surface area contributed by atoms with Crippen LogP contribution in [0.25, 0.3) is 0 Å². The van der Waals surface area contributed by atoms with Crippen molar-refractivity contribution < 1.29 is 14.7 Å². The summed E-state index contributed by atoms with van der Waals surface area (Å²) in [6.07, 6.45) is 5.58. The standard InChI is InChI=1S/C13H24N2O3/c1-10(14)8-11(16)15-9-13(12(17)18)6-4-2-3-5-7-13/h10H,2-9,14H2,1H3,(H,15,16)(H,17,18). The summed E-state index contributed by atoms with van der Waals surface area (Å²) in [7, 11) is 0. The summed E-state index contributed by atoms with van der Waals surface area (Å²) < 4.78 is 0. The smallest absolute Gasteiger partial charge is 0.311 e. The molecule has 0 aromatic heterocycles. The molecule has 0 spiro atoms. The molecule has 4 N–H and O–H groups in total. The van der Waals surface area contributed by atoms with E-state index >= 15 is 0 Å². The second kappa shape index (κ2) is 6.73. The summed E-state index contributed by atoms with van der Waals surface area (Å²) in [5.41, 5.74) is 4.77. The number of carbonyl (C=O) groups is 2. The first-order valence-electron chi connectivity index (χ1n) is 6.72. The Morgan fingerprint density at radius 3 is 2.28 bits per heavy atom. The molecule has 18 heavy (non-hydrogen) atoms. The Kier molecular flexibility index (Phi) is 5.59. The molecule has 1 unspecified atom stereocenters. The minimum absolute atomic E-state index is 0.158. The lowest BCUT2D eigenvalue weighted by Gasteiger charge is -2.28. The predicted octanol–water partition coefficient (Wildman–Crippen LogP) is 1.27. The van der Waals surface area contributed by atoms with E-state index in [4.69, 9.17) is 5.73 Å². The van der Waals surface area contributed by atoms with Crippen LogP contribution >= 0.6 is 0 Å². The third kappa shape index (κ3) is 4.29. The third-order valence-electron chi connectivity index (χ3n) is 3.65. The number of carbonyl (C=O) groups excluding carboxylic acids is 1. The summed E-state index contributed by atoms with van der Waals surface area (Å²) in [6.45, 7) is 1.99. The van der Waals surface area contributed by atoms with Crippen molar-refractivity contribution in [3.63, 3.8) is 0 Å². The van der Waals surface area contributed by atoms with Gasteiger partial charge in [0.2, 0.25) is 5.91 Å². The maximum Gasteiger partial charge on any atom is 0.311 e. The van der Waals surface area contributed by atoms with Gasteiger partial charge in [0, 0.05) is 19.0 Å². The zero-order chi connectivity index (χ0) is 13.6. The van der Waals surface area contributed by atoms with Gasteiger partial charge in [-0.15, -0.1) is 0 Å². The zero-order valence-corrected chi connectivity index (χ0v) is 11.1. The molecule has 5 nitrogen and oxygen atoms in total. The number of nitrogens with two attached hydrogens (primary N) is 1. The quantitative estimate of drug-likeness (QED) is 0.646. The van der Waals surface area contributed by atoms with Crippen molar-refractivity contribution in [3.05, 3.63) is 0 Å². The van der Waals surface area contributed by atoms with Crippen LogP contribution in [0.2, 0.25) is 0 Å². The van der Waals surface area contributed by atoms with Crippen molar-refractivity contribution in [1.82, 2.24) is 5.32 Å². The fourth-order valence-electron chi connectivity index (χ4n) is 2.50. The van der Waals surface area contributed by atoms with Gasteiger partial charge in [-0.2, -0.15) is 0 Å². The molecule has 0 aromatic rings. The molecule has 1 rings (SSSR count). The fraction of sp³-hybridized carbons (Fsp3) is 0.846. The van der Waals surface area contributed by atoms with Crippen LogP contribution in [0.3, 0.4) is 0 Å². The van der Waals surface area contributed by atoms with E-state index in [0.29, 0.717) is 12.8 Å². The van der Waals surface area contributed by atoms with Gasteiger partial charge < -0.3 is 16.2 Å². The van der Waals surface area contributed by atoms with Gasteiger partial charge in [-0.1, -0.05) is 25.7 Å². The van der Waals surface area contributed by atoms with Gasteiger partial charge in [0.25, 0.3) is 0 Å². The highest BCUT2D eigenvalue weighted by Gasteiger charge is 2.38. The Hall–Kier alpha value is -1.10. The number of aliphatic carboxylic acids is 1. The lowest BCUT2D eigenvalue weighted by atomic mass is 9.80. The number of rotatable bonds is 5. The molecule has 0 aliphatic heterocycles. The molecule has 1 atom stereocenters. The molecule has 0 aromatic carbocycles. The van der Waals surface area contributed by atoms with Crippen molar-refractivity contribution in [2.75, 3.05) is 6.54 Å². The van der Waals surface area contributed by atoms with Crippen molar-refractivity contribution in [3.8, 4) is 0 Å². The molecule has 1 saturated carbocycles. The van der Waals surface area contributed by atoms with E-state index in [1.807, 2.05) is 0 Å². The zero-order valence-electron chi connectivity index (χ0n) is 11.1. The summed E-state index contributed by atoms with van der Waals surface area (Å²) in [4.78, 5) is 23.1. The summed E-state index contributed by atoms with van der Waals surface area (Å²) >= 11 is 0. The van der Waals surface area contributed by atoms with E-state index in [-0.39, 0.29) is 24.9 Å². The first-order chi connectivity index (χ1) is 8.46. The van der Waals surface area contributed by atoms with Crippen LogP contribution in [0.1, 0.15) is 51.9 Å². The maximum absolute atomic E-state index is 11.6. The van der Waals surface area contributed by atoms with Crippen LogP contribution in [0, 0.1) is 5.41 Å². The molecule has 1 amide bonds. The van der Waals surface area contributed by atoms with Gasteiger partial charge in [-0.25, -0.2) is 0 Å². The molecule has 0 bridgehead atoms. The molecule has 1 aliphatic rings. The van der Waals surface area contributed by atoms with Gasteiger partial charge in [0.15, 0.2) is 0 Å². The second-order valence-electron chi connectivity index (χ2n) is 5.46. The topological polar surface area (TPSA) is 92.4 Å². The van der Waals surface area contributed by atoms with Gasteiger partial charge >= 0.3 is 5.97 Å². The molecule has 0 radical (unpaired) electrons. The maximum atomic E-state index is 11.6. The average Bonchev–Trinajstić information content (AvgIpc) is 2.51. The van der Waals surface area contributed by atoms with Crippen molar-refractivity contribution >= 4 is 11.9 Å². The molecule has 0 heterocycles. The molecule has 0 saturated heterocycles. The molecule has 1 aliphatic carbocycles. The van der Waals surface area contributed by atoms with Crippen molar-refractivity contribution in [1.29, 1.82) is 0 Å². The van der Waals surface area contributed by atoms with Crippen LogP contribution in [-0.2, 0) is 9.59 Å². The lowest BCUT2D eigenvalue weighted by molar-refractivity contribution is -0.149. The van der Waals surface area contributed by atoms with Crippen LogP contribution in [0.5, 0.6) is 0 Å². The Labute approximate surface area is 108 Å². The van der Waals surface area contributed by atoms with Gasteiger partial charge in [0.05, 0.1) is 5.41 Å². The van der Waals surface area contributed by atoms with Crippen molar-refractivity contribution in [2.24, 2.45) is 11.1 Å². The number of hydrogen-bond acceptors (Lipinski definition) is 3. The Morgan fingerprint density at radius 1 is 1.28 bits per heavy atom. The second-order valence-corrected chi connectivity index (χ2v) is 5.46. The highest BCUT2D eigenvalue weighted by molar-refractivity contribution is 5.79. The fourth-order valence-corrected chi connectivity index (χ4v) is 2.50. The predicted molar refractivity (Wildman–Crippen MR) is 69.0 cm³/mol. The number of nitrogens with one attached hydrogen (secondary N) is 1. The SMILES string of the molecule is CC(N)CC(=O)NCC1(C(=O)O)CCCCCC1. The molecular weight excluding hydrogens is 232 g/mol. The molecule has 1 fully saturated rings. The Bertz CT molecular complexity index is 295. The van der Waals surface area contributed by atoms with E-state index in [0.717, 1.165) is 25.7 Å². The number of carboxylic acids is 1. The first kappa shape index (κ1) is 15.0. The van der Waals surface area contributed by atoms with Crippen LogP contribution in [0.4, 0.5) is 0 Å². The van der Waals surface area contributed by atoms with E-state index in [1.54, 1.807) is 6.92 Å². The normalized spacial score (nSPS) is 20.8. The molecule has 5 heteroatoms. The van der Waals surface area contributed by atoms with Crippen LogP contribution < -0.4 is 11.1 Å². The largest absolute Gasteiger partial charge is 0.481 e. The van der Waals surface area contributed by atoms with E-state index in [1.165, 1.54) is 0 Å². The van der Waals surface area contributed by atoms with E-state index < -0.39 is 11.4 Å². The molecule has 104 valence electrons. The minimum Gasteiger partial charge on any atom is -0.481 e. The van der Waals surface area contributed by atoms with Crippen LogP contribution in [-0.4, -0.2) is 29.6 Å². The summed E-state index contributed by atoms with van der Waals surface area (Å²) in [6, 6.07) is -0.195. The highest BCUT2D eigenvalue weighted by atomic mass is 16.4. The van der Waals surface area contributed by atoms with Gasteiger partial charge in [-0.05, 0) is 19.8 Å². The average molecular weight is 256 g/mol. The minimum atomic E-state index is -0.787. The van der Waals surface area contributed by atoms with Crippen LogP contribution in [0.15, 0.2) is 0 Å². The summed E-state index contributed by atoms with van der Waals surface area (Å²) in [5.74, 6) is -0.944. The number of hydrogen-bond donors (Lipinski definition) is 3. The number of carboxylic acid groups (broad SMARTS) is 1. The van der Waals surface area contributed by atoms with E-state index in [2.05, 4.69) is 5.32 Å². The summed E-state index contributed by atoms with van der Waals surface area (Å²) in [5, 5.41) is 12.2. The monoisotopic (exact) mass is 256 g/mol. The van der Waals surface area contributed by atoms with Gasteiger partial charge in [0.1, 0.15) is 0 Å². The van der Waals surface area contributed by atoms with E-state index in [9.17, 15) is 14.7 Å². The highest BCUT2D eigenvalue weighted by Crippen LogP contribution is 2.34. The first-order valence-corrected chi connectivity index (χ1v) is 6.72. The Morgan fingerprint density at radius 2 is 1.83 bits per heavy atom. The van der Waals surface area contributed by atoms with Gasteiger partial charge in [-0.3, -0.25) is 9.59 Å². The third-order valence-corrected chi connectivity index (χ3v) is 3.65. The van der Waals surface area contributed by atoms with Crippen molar-refractivity contribution in [2.45, 2.75) is 57.9 Å².